The second-order valence-corrected chi connectivity index (χ2v) is 5.84. The van der Waals surface area contributed by atoms with Gasteiger partial charge in [0.25, 0.3) is 11.6 Å². The van der Waals surface area contributed by atoms with Crippen LogP contribution in [0.25, 0.3) is 10.9 Å². The molecule has 27 heavy (non-hydrogen) atoms. The fourth-order valence-electron chi connectivity index (χ4n) is 2.71. The number of fused-ring (bicyclic) bond motifs is 1. The molecule has 0 bridgehead atoms. The zero-order valence-electron chi connectivity index (χ0n) is 14.0. The van der Waals surface area contributed by atoms with Gasteiger partial charge in [-0.05, 0) is 12.1 Å². The van der Waals surface area contributed by atoms with Crippen molar-refractivity contribution in [2.45, 2.75) is 12.5 Å². The van der Waals surface area contributed by atoms with E-state index >= 15 is 0 Å². The largest absolute Gasteiger partial charge is 0.480 e. The van der Waals surface area contributed by atoms with Crippen LogP contribution in [0.5, 0.6) is 0 Å². The first-order valence-corrected chi connectivity index (χ1v) is 8.07. The molecular weight excluding hydrogens is 350 g/mol. The van der Waals surface area contributed by atoms with Crippen LogP contribution < -0.4 is 5.32 Å². The number of nitro groups is 1. The van der Waals surface area contributed by atoms with Crippen molar-refractivity contribution >= 4 is 28.5 Å². The summed E-state index contributed by atoms with van der Waals surface area (Å²) >= 11 is 0. The van der Waals surface area contributed by atoms with Crippen molar-refractivity contribution in [2.75, 3.05) is 0 Å². The van der Waals surface area contributed by atoms with Crippen LogP contribution in [-0.4, -0.2) is 32.9 Å². The highest BCUT2D eigenvalue weighted by molar-refractivity contribution is 5.97. The Hall–Kier alpha value is -3.81. The zero-order chi connectivity index (χ0) is 19.4. The third-order valence-electron chi connectivity index (χ3n) is 4.05. The van der Waals surface area contributed by atoms with Gasteiger partial charge in [0.1, 0.15) is 11.7 Å². The summed E-state index contributed by atoms with van der Waals surface area (Å²) in [6, 6.07) is 14.9. The van der Waals surface area contributed by atoms with E-state index in [2.05, 4.69) is 10.3 Å². The van der Waals surface area contributed by atoms with Crippen molar-refractivity contribution < 1.29 is 19.6 Å². The van der Waals surface area contributed by atoms with E-state index in [1.165, 1.54) is 24.3 Å². The van der Waals surface area contributed by atoms with Gasteiger partial charge in [-0.1, -0.05) is 42.5 Å². The summed E-state index contributed by atoms with van der Waals surface area (Å²) in [5, 5.41) is 23.8. The highest BCUT2D eigenvalue weighted by Gasteiger charge is 2.25. The molecule has 1 aromatic heterocycles. The number of nitrogens with one attached hydrogen (secondary N) is 1. The van der Waals surface area contributed by atoms with Gasteiger partial charge in [-0.3, -0.25) is 14.9 Å². The first-order chi connectivity index (χ1) is 13.0. The van der Waals surface area contributed by atoms with Gasteiger partial charge in [0, 0.05) is 23.4 Å². The van der Waals surface area contributed by atoms with Crippen LogP contribution in [0.1, 0.15) is 16.1 Å². The first-order valence-electron chi connectivity index (χ1n) is 8.07. The van der Waals surface area contributed by atoms with Crippen molar-refractivity contribution in [1.82, 2.24) is 10.3 Å². The summed E-state index contributed by atoms with van der Waals surface area (Å²) in [6.07, 6.45) is -0.216. The molecule has 2 aromatic carbocycles. The van der Waals surface area contributed by atoms with Crippen molar-refractivity contribution in [3.63, 3.8) is 0 Å². The number of pyridine rings is 1. The van der Waals surface area contributed by atoms with E-state index in [-0.39, 0.29) is 23.4 Å². The minimum Gasteiger partial charge on any atom is -0.480 e. The minimum absolute atomic E-state index is 0.0718. The number of para-hydroxylation sites is 2. The van der Waals surface area contributed by atoms with E-state index in [0.29, 0.717) is 5.52 Å². The molecule has 1 heterocycles. The number of hydrogen-bond donors (Lipinski definition) is 2. The summed E-state index contributed by atoms with van der Waals surface area (Å²) < 4.78 is 0. The summed E-state index contributed by atoms with van der Waals surface area (Å²) in [4.78, 5) is 38.7. The Bertz CT molecular complexity index is 1030. The lowest BCUT2D eigenvalue weighted by Crippen LogP contribution is -2.42. The molecule has 0 fully saturated rings. The molecule has 0 aliphatic carbocycles. The number of carbonyl (C=O) groups is 2. The predicted octanol–water partition coefficient (Wildman–Crippen LogP) is 2.57. The Balaban J connectivity index is 1.82. The van der Waals surface area contributed by atoms with Crippen LogP contribution in [0.3, 0.4) is 0 Å². The zero-order valence-corrected chi connectivity index (χ0v) is 14.0. The average molecular weight is 365 g/mol. The topological polar surface area (TPSA) is 122 Å². The summed E-state index contributed by atoms with van der Waals surface area (Å²) in [7, 11) is 0. The number of nitrogens with zero attached hydrogens (tertiary/aromatic N) is 2. The number of amides is 1. The van der Waals surface area contributed by atoms with Crippen LogP contribution in [0.2, 0.25) is 0 Å². The normalized spacial score (nSPS) is 11.7. The minimum atomic E-state index is -1.33. The van der Waals surface area contributed by atoms with Gasteiger partial charge < -0.3 is 10.4 Å². The Kier molecular flexibility index (Phi) is 5.07. The van der Waals surface area contributed by atoms with E-state index in [0.717, 1.165) is 5.39 Å². The Morgan fingerprint density at radius 3 is 2.52 bits per heavy atom. The maximum Gasteiger partial charge on any atom is 0.326 e. The third kappa shape index (κ3) is 4.06. The van der Waals surface area contributed by atoms with Gasteiger partial charge in [0.2, 0.25) is 0 Å². The Morgan fingerprint density at radius 2 is 1.78 bits per heavy atom. The number of aliphatic carboxylic acids is 1. The molecule has 0 saturated carbocycles. The molecule has 1 amide bonds. The summed E-state index contributed by atoms with van der Waals surface area (Å²) in [5.41, 5.74) is 0.710. The molecule has 2 N–H and O–H groups in total. The van der Waals surface area contributed by atoms with Crippen molar-refractivity contribution in [2.24, 2.45) is 0 Å². The van der Waals surface area contributed by atoms with Crippen LogP contribution in [0.4, 0.5) is 5.69 Å². The SMILES string of the molecule is O=C(N[C@@H](Cc1ccccc1[N+](=O)[O-])C(=O)O)c1ccc2ccccc2n1. The number of carboxylic acid groups (broad SMARTS) is 1. The monoisotopic (exact) mass is 365 g/mol. The highest BCUT2D eigenvalue weighted by atomic mass is 16.6. The number of aromatic nitrogens is 1. The molecule has 0 radical (unpaired) electrons. The van der Waals surface area contributed by atoms with E-state index < -0.39 is 22.8 Å². The molecule has 136 valence electrons. The maximum absolute atomic E-state index is 12.4. The van der Waals surface area contributed by atoms with Crippen molar-refractivity contribution in [3.05, 3.63) is 82.0 Å². The third-order valence-corrected chi connectivity index (χ3v) is 4.05. The molecule has 0 unspecified atom stereocenters. The van der Waals surface area contributed by atoms with Gasteiger partial charge in [-0.15, -0.1) is 0 Å². The quantitative estimate of drug-likeness (QED) is 0.511. The predicted molar refractivity (Wildman–Crippen MR) is 97.4 cm³/mol. The molecule has 8 heteroatoms. The molecule has 1 atom stereocenters. The number of benzene rings is 2. The van der Waals surface area contributed by atoms with E-state index in [4.69, 9.17) is 0 Å². The van der Waals surface area contributed by atoms with Gasteiger partial charge in [-0.2, -0.15) is 0 Å². The molecule has 0 aliphatic heterocycles. The fourth-order valence-corrected chi connectivity index (χ4v) is 2.71. The number of carboxylic acids is 1. The van der Waals surface area contributed by atoms with Crippen LogP contribution >= 0.6 is 0 Å². The highest BCUT2D eigenvalue weighted by Crippen LogP contribution is 2.19. The number of hydrogen-bond acceptors (Lipinski definition) is 5. The second-order valence-electron chi connectivity index (χ2n) is 5.84. The first kappa shape index (κ1) is 18.0. The number of nitro benzene ring substituents is 1. The maximum atomic E-state index is 12.4. The number of rotatable bonds is 6. The van der Waals surface area contributed by atoms with Gasteiger partial charge in [-0.25, -0.2) is 9.78 Å². The second kappa shape index (κ2) is 7.61. The molecule has 3 aromatic rings. The standard InChI is InChI=1S/C19H15N3O5/c23-18(15-10-9-12-5-1-3-7-14(12)20-15)21-16(19(24)25)11-13-6-2-4-8-17(13)22(26)27/h1-10,16H,11H2,(H,21,23)(H,24,25)/t16-/m0/s1. The van der Waals surface area contributed by atoms with E-state index in [9.17, 15) is 24.8 Å². The van der Waals surface area contributed by atoms with Crippen LogP contribution in [0.15, 0.2) is 60.7 Å². The lowest BCUT2D eigenvalue weighted by atomic mass is 10.0. The van der Waals surface area contributed by atoms with E-state index in [1.54, 1.807) is 24.3 Å². The Morgan fingerprint density at radius 1 is 1.07 bits per heavy atom. The van der Waals surface area contributed by atoms with Crippen molar-refractivity contribution in [1.29, 1.82) is 0 Å². The summed E-state index contributed by atoms with van der Waals surface area (Å²) in [6.45, 7) is 0. The smallest absolute Gasteiger partial charge is 0.326 e. The lowest BCUT2D eigenvalue weighted by molar-refractivity contribution is -0.385. The molecule has 0 saturated heterocycles. The molecule has 0 spiro atoms. The van der Waals surface area contributed by atoms with E-state index in [1.807, 2.05) is 12.1 Å². The summed E-state index contributed by atoms with van der Waals surface area (Å²) in [5.74, 6) is -1.95. The lowest BCUT2D eigenvalue weighted by Gasteiger charge is -2.14. The number of carbonyl (C=O) groups excluding carboxylic acids is 1. The van der Waals surface area contributed by atoms with Crippen LogP contribution in [0, 0.1) is 10.1 Å². The van der Waals surface area contributed by atoms with Gasteiger partial charge >= 0.3 is 5.97 Å². The van der Waals surface area contributed by atoms with Gasteiger partial charge in [0.05, 0.1) is 10.4 Å². The average Bonchev–Trinajstić information content (AvgIpc) is 2.67. The molecule has 3 rings (SSSR count). The Labute approximate surface area is 153 Å². The van der Waals surface area contributed by atoms with Crippen LogP contribution in [-0.2, 0) is 11.2 Å². The van der Waals surface area contributed by atoms with Crippen molar-refractivity contribution in [3.8, 4) is 0 Å². The molecular formula is C19H15N3O5. The van der Waals surface area contributed by atoms with Gasteiger partial charge in [0.15, 0.2) is 0 Å². The molecule has 8 nitrogen and oxygen atoms in total. The fraction of sp³-hybridized carbons (Fsp3) is 0.105. The molecule has 0 aliphatic rings.